The summed E-state index contributed by atoms with van der Waals surface area (Å²) in [5, 5.41) is 10.7. The molecule has 2 aliphatic carbocycles. The summed E-state index contributed by atoms with van der Waals surface area (Å²) in [6, 6.07) is 0. The van der Waals surface area contributed by atoms with Crippen molar-refractivity contribution in [1.82, 2.24) is 0 Å². The van der Waals surface area contributed by atoms with Gasteiger partial charge in [-0.05, 0) is 39.3 Å². The predicted octanol–water partition coefficient (Wildman–Crippen LogP) is 0.916. The van der Waals surface area contributed by atoms with Gasteiger partial charge in [-0.2, -0.15) is 0 Å². The van der Waals surface area contributed by atoms with E-state index in [0.29, 0.717) is 12.0 Å². The smallest absolute Gasteiger partial charge is 0.164 e. The molecule has 2 heterocycles. The van der Waals surface area contributed by atoms with Crippen LogP contribution >= 0.6 is 0 Å². The van der Waals surface area contributed by atoms with Gasteiger partial charge in [-0.1, -0.05) is 0 Å². The monoisotopic (exact) mass is 310 g/mol. The number of aliphatic hydroxyl groups is 1. The highest BCUT2D eigenvalue weighted by atomic mass is 16.8. The van der Waals surface area contributed by atoms with E-state index in [9.17, 15) is 9.90 Å². The molecule has 1 unspecified atom stereocenters. The molecule has 2 saturated heterocycles. The molecular formula is C16H22O6. The molecule has 0 bridgehead atoms. The zero-order chi connectivity index (χ0) is 15.9. The summed E-state index contributed by atoms with van der Waals surface area (Å²) in [6.45, 7) is 7.34. The fraction of sp³-hybridized carbons (Fsp3) is 0.812. The van der Waals surface area contributed by atoms with Crippen molar-refractivity contribution >= 4 is 5.78 Å². The van der Waals surface area contributed by atoms with Crippen molar-refractivity contribution in [2.45, 2.75) is 76.2 Å². The average molecular weight is 310 g/mol. The van der Waals surface area contributed by atoms with Crippen LogP contribution in [0.25, 0.3) is 0 Å². The molecule has 2 aliphatic heterocycles. The van der Waals surface area contributed by atoms with Crippen molar-refractivity contribution in [3.63, 3.8) is 0 Å². The van der Waals surface area contributed by atoms with Crippen LogP contribution in [0.5, 0.6) is 0 Å². The van der Waals surface area contributed by atoms with E-state index in [1.165, 1.54) is 6.08 Å². The molecule has 0 amide bonds. The normalized spacial score (nSPS) is 48.4. The van der Waals surface area contributed by atoms with E-state index in [4.69, 9.17) is 18.9 Å². The van der Waals surface area contributed by atoms with Crippen LogP contribution in [-0.4, -0.2) is 53.0 Å². The second-order valence-corrected chi connectivity index (χ2v) is 7.50. The molecule has 0 aromatic rings. The standard InChI is InChI=1S/C16H22O6/c1-15(2)19-11-9-6-7(17)5-8(9)10(18)12-14(13(11)21-15)22-16(3,4)20-12/h5,9-14,18H,6H2,1-4H3/t9?,10-,11+,12-,13-,14-/m1/s1. The molecule has 6 nitrogen and oxygen atoms in total. The predicted molar refractivity (Wildman–Crippen MR) is 74.9 cm³/mol. The molecule has 3 fully saturated rings. The van der Waals surface area contributed by atoms with E-state index in [1.54, 1.807) is 0 Å². The van der Waals surface area contributed by atoms with Crippen molar-refractivity contribution in [2.75, 3.05) is 0 Å². The molecule has 0 radical (unpaired) electrons. The first kappa shape index (κ1) is 14.8. The highest BCUT2D eigenvalue weighted by molar-refractivity contribution is 5.94. The fourth-order valence-corrected chi connectivity index (χ4v) is 4.18. The number of carbonyl (C=O) groups excluding carboxylic acids is 1. The molecule has 1 N–H and O–H groups in total. The summed E-state index contributed by atoms with van der Waals surface area (Å²) in [4.78, 5) is 11.9. The van der Waals surface area contributed by atoms with Gasteiger partial charge in [0.25, 0.3) is 0 Å². The summed E-state index contributed by atoms with van der Waals surface area (Å²) in [5.74, 6) is -1.69. The molecule has 1 saturated carbocycles. The number of allylic oxidation sites excluding steroid dienone is 1. The van der Waals surface area contributed by atoms with Crippen molar-refractivity contribution in [1.29, 1.82) is 0 Å². The summed E-state index contributed by atoms with van der Waals surface area (Å²) in [7, 11) is 0. The number of rotatable bonds is 0. The number of fused-ring (bicyclic) bond motifs is 5. The second kappa shape index (κ2) is 4.39. The summed E-state index contributed by atoms with van der Waals surface area (Å²) >= 11 is 0. The minimum atomic E-state index is -0.871. The quantitative estimate of drug-likeness (QED) is 0.717. The third-order valence-corrected chi connectivity index (χ3v) is 4.88. The molecule has 22 heavy (non-hydrogen) atoms. The minimum Gasteiger partial charge on any atom is -0.386 e. The summed E-state index contributed by atoms with van der Waals surface area (Å²) < 4.78 is 24.0. The first-order valence-corrected chi connectivity index (χ1v) is 7.80. The Morgan fingerprint density at radius 3 is 2.09 bits per heavy atom. The van der Waals surface area contributed by atoms with Crippen LogP contribution in [0.15, 0.2) is 11.6 Å². The van der Waals surface area contributed by atoms with E-state index >= 15 is 0 Å². The molecule has 0 aromatic carbocycles. The van der Waals surface area contributed by atoms with Crippen LogP contribution in [0.3, 0.4) is 0 Å². The van der Waals surface area contributed by atoms with Gasteiger partial charge >= 0.3 is 0 Å². The van der Waals surface area contributed by atoms with E-state index in [1.807, 2.05) is 27.7 Å². The zero-order valence-electron chi connectivity index (χ0n) is 13.2. The second-order valence-electron chi connectivity index (χ2n) is 7.50. The first-order chi connectivity index (χ1) is 10.2. The van der Waals surface area contributed by atoms with Gasteiger partial charge in [0, 0.05) is 12.3 Å². The summed E-state index contributed by atoms with van der Waals surface area (Å²) in [5.41, 5.74) is 0.690. The highest BCUT2D eigenvalue weighted by Gasteiger charge is 2.61. The molecule has 122 valence electrons. The Bertz CT molecular complexity index is 551. The lowest BCUT2D eigenvalue weighted by molar-refractivity contribution is -0.175. The molecule has 0 aromatic heterocycles. The Morgan fingerprint density at radius 2 is 1.45 bits per heavy atom. The van der Waals surface area contributed by atoms with E-state index in [2.05, 4.69) is 0 Å². The Kier molecular flexibility index (Phi) is 2.95. The Balaban J connectivity index is 1.78. The fourth-order valence-electron chi connectivity index (χ4n) is 4.18. The SMILES string of the molecule is CC1(C)O[C@@H]2[C@H](O1)[C@H](O)C1=CC(=O)CC1[C@@H]1OC(C)(C)O[C@@H]21. The summed E-state index contributed by atoms with van der Waals surface area (Å²) in [6.07, 6.45) is -0.633. The highest BCUT2D eigenvalue weighted by Crippen LogP contribution is 2.49. The maximum Gasteiger partial charge on any atom is 0.164 e. The van der Waals surface area contributed by atoms with Crippen LogP contribution in [0.4, 0.5) is 0 Å². The Morgan fingerprint density at radius 1 is 0.955 bits per heavy atom. The number of aliphatic hydroxyl groups excluding tert-OH is 1. The minimum absolute atomic E-state index is 0.0164. The number of carbonyl (C=O) groups is 1. The van der Waals surface area contributed by atoms with Gasteiger partial charge in [0.15, 0.2) is 17.4 Å². The van der Waals surface area contributed by atoms with Crippen LogP contribution in [-0.2, 0) is 23.7 Å². The largest absolute Gasteiger partial charge is 0.386 e. The third kappa shape index (κ3) is 2.09. The van der Waals surface area contributed by atoms with Crippen molar-refractivity contribution < 1.29 is 28.8 Å². The van der Waals surface area contributed by atoms with Crippen molar-refractivity contribution in [2.24, 2.45) is 5.92 Å². The van der Waals surface area contributed by atoms with Crippen molar-refractivity contribution in [3.05, 3.63) is 11.6 Å². The average Bonchev–Trinajstić information content (AvgIpc) is 3.00. The number of ketones is 1. The lowest BCUT2D eigenvalue weighted by atomic mass is 9.91. The van der Waals surface area contributed by atoms with E-state index in [0.717, 1.165) is 0 Å². The van der Waals surface area contributed by atoms with Gasteiger partial charge in [-0.3, -0.25) is 4.79 Å². The van der Waals surface area contributed by atoms with Gasteiger partial charge in [0.1, 0.15) is 24.4 Å². The Hall–Kier alpha value is -0.790. The maximum atomic E-state index is 11.9. The van der Waals surface area contributed by atoms with Gasteiger partial charge in [0.05, 0.1) is 6.10 Å². The van der Waals surface area contributed by atoms with Gasteiger partial charge < -0.3 is 24.1 Å². The van der Waals surface area contributed by atoms with Crippen LogP contribution in [0.2, 0.25) is 0 Å². The van der Waals surface area contributed by atoms with E-state index in [-0.39, 0.29) is 23.9 Å². The zero-order valence-corrected chi connectivity index (χ0v) is 13.2. The van der Waals surface area contributed by atoms with Crippen molar-refractivity contribution in [3.8, 4) is 0 Å². The Labute approximate surface area is 129 Å². The molecule has 4 rings (SSSR count). The lowest BCUT2D eigenvalue weighted by Gasteiger charge is -2.26. The molecule has 6 heteroatoms. The van der Waals surface area contributed by atoms with Crippen LogP contribution in [0.1, 0.15) is 34.1 Å². The lowest BCUT2D eigenvalue weighted by Crippen LogP contribution is -2.44. The first-order valence-electron chi connectivity index (χ1n) is 7.80. The molecule has 4 aliphatic rings. The van der Waals surface area contributed by atoms with E-state index < -0.39 is 29.9 Å². The number of hydrogen-bond acceptors (Lipinski definition) is 6. The molecule has 0 spiro atoms. The molecular weight excluding hydrogens is 288 g/mol. The maximum absolute atomic E-state index is 11.9. The number of ether oxygens (including phenoxy) is 4. The van der Waals surface area contributed by atoms with Crippen LogP contribution < -0.4 is 0 Å². The number of hydrogen-bond donors (Lipinski definition) is 1. The van der Waals surface area contributed by atoms with Gasteiger partial charge in [-0.25, -0.2) is 0 Å². The van der Waals surface area contributed by atoms with Gasteiger partial charge in [-0.15, -0.1) is 0 Å². The third-order valence-electron chi connectivity index (χ3n) is 4.88. The van der Waals surface area contributed by atoms with Gasteiger partial charge in [0.2, 0.25) is 0 Å². The molecule has 6 atom stereocenters. The van der Waals surface area contributed by atoms with Crippen LogP contribution in [0, 0.1) is 5.92 Å². The topological polar surface area (TPSA) is 74.2 Å².